The molecule has 1 fully saturated rings. The third-order valence-electron chi connectivity index (χ3n) is 2.76. The summed E-state index contributed by atoms with van der Waals surface area (Å²) in [7, 11) is -6.60. The molecule has 6 nitrogen and oxygen atoms in total. The molecule has 0 spiro atoms. The van der Waals surface area contributed by atoms with Crippen molar-refractivity contribution in [1.29, 1.82) is 0 Å². The van der Waals surface area contributed by atoms with Crippen molar-refractivity contribution in [2.45, 2.75) is 24.3 Å². The summed E-state index contributed by atoms with van der Waals surface area (Å²) in [6.07, 6.45) is 0. The van der Waals surface area contributed by atoms with Crippen LogP contribution in [0.2, 0.25) is 0 Å². The fraction of sp³-hybridized carbons (Fsp3) is 1.00. The predicted molar refractivity (Wildman–Crippen MR) is 62.3 cm³/mol. The van der Waals surface area contributed by atoms with Gasteiger partial charge in [0.2, 0.25) is 10.0 Å². The van der Waals surface area contributed by atoms with Gasteiger partial charge in [-0.3, -0.25) is 0 Å². The van der Waals surface area contributed by atoms with Gasteiger partial charge in [0.25, 0.3) is 0 Å². The maximum atomic E-state index is 11.8. The lowest BCUT2D eigenvalue weighted by Crippen LogP contribution is -2.53. The summed E-state index contributed by atoms with van der Waals surface area (Å²) in [5.41, 5.74) is 5.36. The lowest BCUT2D eigenvalue weighted by molar-refractivity contribution is 0.399. The van der Waals surface area contributed by atoms with Crippen LogP contribution in [0, 0.1) is 0 Å². The van der Waals surface area contributed by atoms with Gasteiger partial charge in [-0.15, -0.1) is 0 Å². The van der Waals surface area contributed by atoms with Crippen molar-refractivity contribution in [3.63, 3.8) is 0 Å². The van der Waals surface area contributed by atoms with E-state index in [1.54, 1.807) is 13.8 Å². The van der Waals surface area contributed by atoms with Gasteiger partial charge in [-0.25, -0.2) is 16.8 Å². The number of hydrogen-bond acceptors (Lipinski definition) is 5. The molecular formula is C8H18N2O4S2. The second kappa shape index (κ2) is 4.59. The molecule has 0 aliphatic carbocycles. The van der Waals surface area contributed by atoms with E-state index in [9.17, 15) is 16.8 Å². The molecular weight excluding hydrogens is 252 g/mol. The minimum atomic E-state index is -3.38. The topological polar surface area (TPSA) is 97.5 Å². The Morgan fingerprint density at radius 1 is 1.44 bits per heavy atom. The predicted octanol–water partition coefficient (Wildman–Crippen LogP) is -1.22. The summed E-state index contributed by atoms with van der Waals surface area (Å²) in [6, 6.07) is 0. The zero-order chi connectivity index (χ0) is 12.6. The van der Waals surface area contributed by atoms with Crippen molar-refractivity contribution >= 4 is 19.9 Å². The number of nitrogens with zero attached hydrogens (tertiary/aromatic N) is 1. The Kier molecular flexibility index (Phi) is 3.99. The summed E-state index contributed by atoms with van der Waals surface area (Å²) in [4.78, 5) is 0. The van der Waals surface area contributed by atoms with Gasteiger partial charge in [0.05, 0.1) is 16.3 Å². The van der Waals surface area contributed by atoms with Crippen LogP contribution in [-0.2, 0) is 19.9 Å². The number of sulfonamides is 1. The highest BCUT2D eigenvalue weighted by molar-refractivity contribution is 7.92. The lowest BCUT2D eigenvalue weighted by Gasteiger charge is -2.32. The van der Waals surface area contributed by atoms with Gasteiger partial charge in [-0.05, 0) is 13.8 Å². The summed E-state index contributed by atoms with van der Waals surface area (Å²) >= 11 is 0. The Labute approximate surface area is 96.8 Å². The zero-order valence-electron chi connectivity index (χ0n) is 9.46. The Hall–Kier alpha value is -0.180. The SMILES string of the molecule is CC(C)S(=O)(=O)N1CCS(=O)(=O)C(CN)C1. The highest BCUT2D eigenvalue weighted by Gasteiger charge is 2.37. The molecule has 1 heterocycles. The van der Waals surface area contributed by atoms with Gasteiger partial charge in [-0.1, -0.05) is 0 Å². The third kappa shape index (κ3) is 2.55. The van der Waals surface area contributed by atoms with E-state index in [4.69, 9.17) is 5.73 Å². The van der Waals surface area contributed by atoms with Crippen LogP contribution >= 0.6 is 0 Å². The number of nitrogens with two attached hydrogens (primary N) is 1. The molecule has 0 bridgehead atoms. The molecule has 1 aliphatic rings. The largest absolute Gasteiger partial charge is 0.329 e. The standard InChI is InChI=1S/C8H18N2O4S2/c1-7(2)16(13,14)10-3-4-15(11,12)8(5-9)6-10/h7-8H,3-6,9H2,1-2H3. The Morgan fingerprint density at radius 3 is 2.44 bits per heavy atom. The molecule has 2 N–H and O–H groups in total. The number of rotatable bonds is 3. The smallest absolute Gasteiger partial charge is 0.216 e. The van der Waals surface area contributed by atoms with Gasteiger partial charge in [0.1, 0.15) is 0 Å². The van der Waals surface area contributed by atoms with E-state index in [-0.39, 0.29) is 25.4 Å². The van der Waals surface area contributed by atoms with Crippen LogP contribution in [0.3, 0.4) is 0 Å². The first-order valence-electron chi connectivity index (χ1n) is 5.12. The zero-order valence-corrected chi connectivity index (χ0v) is 11.1. The Balaban J connectivity index is 2.92. The van der Waals surface area contributed by atoms with Gasteiger partial charge in [-0.2, -0.15) is 4.31 Å². The van der Waals surface area contributed by atoms with Gasteiger partial charge >= 0.3 is 0 Å². The van der Waals surface area contributed by atoms with E-state index >= 15 is 0 Å². The Morgan fingerprint density at radius 2 is 2.00 bits per heavy atom. The van der Waals surface area contributed by atoms with Crippen LogP contribution < -0.4 is 5.73 Å². The monoisotopic (exact) mass is 270 g/mol. The molecule has 0 aromatic heterocycles. The first-order chi connectivity index (χ1) is 7.21. The average molecular weight is 270 g/mol. The van der Waals surface area contributed by atoms with E-state index < -0.39 is 30.4 Å². The maximum absolute atomic E-state index is 11.8. The molecule has 1 unspecified atom stereocenters. The van der Waals surface area contributed by atoms with Crippen LogP contribution in [0.4, 0.5) is 0 Å². The van der Waals surface area contributed by atoms with Crippen LogP contribution in [0.25, 0.3) is 0 Å². The third-order valence-corrected chi connectivity index (χ3v) is 7.11. The molecule has 96 valence electrons. The van der Waals surface area contributed by atoms with E-state index in [1.165, 1.54) is 4.31 Å². The van der Waals surface area contributed by atoms with Crippen LogP contribution in [0.1, 0.15) is 13.8 Å². The van der Waals surface area contributed by atoms with Crippen LogP contribution in [0.5, 0.6) is 0 Å². The van der Waals surface area contributed by atoms with E-state index in [2.05, 4.69) is 0 Å². The summed E-state index contributed by atoms with van der Waals surface area (Å²) in [6.45, 7) is 3.15. The summed E-state index contributed by atoms with van der Waals surface area (Å²) < 4.78 is 48.0. The van der Waals surface area contributed by atoms with Crippen molar-refractivity contribution in [3.05, 3.63) is 0 Å². The van der Waals surface area contributed by atoms with Crippen molar-refractivity contribution in [2.24, 2.45) is 5.73 Å². The lowest BCUT2D eigenvalue weighted by atomic mass is 10.4. The molecule has 0 aromatic rings. The first kappa shape index (κ1) is 13.9. The Bertz CT molecular complexity index is 441. The van der Waals surface area contributed by atoms with Crippen molar-refractivity contribution < 1.29 is 16.8 Å². The van der Waals surface area contributed by atoms with Crippen molar-refractivity contribution in [3.8, 4) is 0 Å². The molecule has 1 saturated heterocycles. The fourth-order valence-corrected chi connectivity index (χ4v) is 4.63. The fourth-order valence-electron chi connectivity index (χ4n) is 1.58. The molecule has 0 aromatic carbocycles. The first-order valence-corrected chi connectivity index (χ1v) is 8.34. The highest BCUT2D eigenvalue weighted by atomic mass is 32.2. The van der Waals surface area contributed by atoms with Crippen molar-refractivity contribution in [1.82, 2.24) is 4.31 Å². The quantitative estimate of drug-likeness (QED) is 0.693. The molecule has 0 radical (unpaired) electrons. The second-order valence-corrected chi connectivity index (χ2v) is 9.07. The van der Waals surface area contributed by atoms with Crippen molar-refractivity contribution in [2.75, 3.05) is 25.4 Å². The van der Waals surface area contributed by atoms with Crippen LogP contribution in [0.15, 0.2) is 0 Å². The molecule has 1 aliphatic heterocycles. The maximum Gasteiger partial charge on any atom is 0.216 e. The minimum absolute atomic E-state index is 0.0145. The number of hydrogen-bond donors (Lipinski definition) is 1. The van der Waals surface area contributed by atoms with Gasteiger partial charge < -0.3 is 5.73 Å². The second-order valence-electron chi connectivity index (χ2n) is 4.18. The van der Waals surface area contributed by atoms with Gasteiger partial charge in [0, 0.05) is 19.6 Å². The highest BCUT2D eigenvalue weighted by Crippen LogP contribution is 2.17. The summed E-state index contributed by atoms with van der Waals surface area (Å²) in [5.74, 6) is -0.138. The molecule has 1 atom stereocenters. The molecule has 0 saturated carbocycles. The normalized spacial score (nSPS) is 27.1. The molecule has 0 amide bonds. The molecule has 1 rings (SSSR count). The van der Waals surface area contributed by atoms with Gasteiger partial charge in [0.15, 0.2) is 9.84 Å². The molecule has 8 heteroatoms. The minimum Gasteiger partial charge on any atom is -0.329 e. The summed E-state index contributed by atoms with van der Waals surface area (Å²) in [5, 5.41) is -1.30. The average Bonchev–Trinajstić information content (AvgIpc) is 2.16. The van der Waals surface area contributed by atoms with E-state index in [0.29, 0.717) is 0 Å². The number of sulfone groups is 1. The van der Waals surface area contributed by atoms with Crippen LogP contribution in [-0.4, -0.2) is 57.0 Å². The molecule has 16 heavy (non-hydrogen) atoms. The van der Waals surface area contributed by atoms with E-state index in [1.807, 2.05) is 0 Å². The van der Waals surface area contributed by atoms with E-state index in [0.717, 1.165) is 0 Å².